The van der Waals surface area contributed by atoms with E-state index in [4.69, 9.17) is 16.3 Å². The van der Waals surface area contributed by atoms with Gasteiger partial charge >= 0.3 is 5.97 Å². The van der Waals surface area contributed by atoms with E-state index < -0.39 is 0 Å². The maximum atomic E-state index is 11.1. The van der Waals surface area contributed by atoms with Gasteiger partial charge in [-0.3, -0.25) is 4.79 Å². The zero-order valence-corrected chi connectivity index (χ0v) is 9.81. The van der Waals surface area contributed by atoms with E-state index in [1.807, 2.05) is 0 Å². The lowest BCUT2D eigenvalue weighted by Gasteiger charge is -2.03. The van der Waals surface area contributed by atoms with E-state index in [1.165, 1.54) is 0 Å². The summed E-state index contributed by atoms with van der Waals surface area (Å²) in [5.41, 5.74) is 0. The Kier molecular flexibility index (Phi) is 10.7. The summed E-state index contributed by atoms with van der Waals surface area (Å²) in [6.07, 6.45) is 6.78. The highest BCUT2D eigenvalue weighted by Gasteiger charge is 2.01. The molecule has 0 aliphatic heterocycles. The predicted molar refractivity (Wildman–Crippen MR) is 59.7 cm³/mol. The SMILES string of the molecule is CCCCOC(=O)CCCCCCCl. The highest BCUT2D eigenvalue weighted by atomic mass is 35.5. The lowest BCUT2D eigenvalue weighted by Crippen LogP contribution is -2.05. The number of ether oxygens (including phenoxy) is 1. The van der Waals surface area contributed by atoms with Crippen LogP contribution in [-0.2, 0) is 9.53 Å². The molecule has 0 aromatic heterocycles. The molecule has 0 atom stereocenters. The average Bonchev–Trinajstić information content (AvgIpc) is 2.18. The number of unbranched alkanes of at least 4 members (excludes halogenated alkanes) is 4. The van der Waals surface area contributed by atoms with Gasteiger partial charge in [0.1, 0.15) is 0 Å². The van der Waals surface area contributed by atoms with E-state index in [0.29, 0.717) is 13.0 Å². The van der Waals surface area contributed by atoms with Crippen LogP contribution in [0, 0.1) is 0 Å². The van der Waals surface area contributed by atoms with Crippen LogP contribution in [0.5, 0.6) is 0 Å². The highest BCUT2D eigenvalue weighted by Crippen LogP contribution is 2.05. The lowest BCUT2D eigenvalue weighted by atomic mass is 10.1. The largest absolute Gasteiger partial charge is 0.466 e. The molecule has 0 unspecified atom stereocenters. The number of hydrogen-bond acceptors (Lipinski definition) is 2. The van der Waals surface area contributed by atoms with Crippen molar-refractivity contribution in [2.24, 2.45) is 0 Å². The van der Waals surface area contributed by atoms with Crippen LogP contribution >= 0.6 is 11.6 Å². The Morgan fingerprint density at radius 2 is 1.86 bits per heavy atom. The van der Waals surface area contributed by atoms with Crippen molar-refractivity contribution in [3.8, 4) is 0 Å². The molecule has 0 fully saturated rings. The second-order valence-electron chi connectivity index (χ2n) is 3.43. The molecule has 0 heterocycles. The molecule has 14 heavy (non-hydrogen) atoms. The average molecular weight is 221 g/mol. The predicted octanol–water partition coefficient (Wildman–Crippen LogP) is 3.52. The molecule has 0 aliphatic carbocycles. The van der Waals surface area contributed by atoms with Gasteiger partial charge < -0.3 is 4.74 Å². The Labute approximate surface area is 92.0 Å². The maximum Gasteiger partial charge on any atom is 0.305 e. The van der Waals surface area contributed by atoms with Crippen LogP contribution < -0.4 is 0 Å². The van der Waals surface area contributed by atoms with Gasteiger partial charge in [0, 0.05) is 12.3 Å². The Hall–Kier alpha value is -0.240. The first kappa shape index (κ1) is 13.8. The smallest absolute Gasteiger partial charge is 0.305 e. The molecule has 0 amide bonds. The fourth-order valence-electron chi connectivity index (χ4n) is 1.12. The molecule has 0 bridgehead atoms. The summed E-state index contributed by atoms with van der Waals surface area (Å²) in [4.78, 5) is 11.1. The molecule has 0 aromatic rings. The van der Waals surface area contributed by atoms with Crippen LogP contribution in [0.15, 0.2) is 0 Å². The minimum Gasteiger partial charge on any atom is -0.466 e. The van der Waals surface area contributed by atoms with Gasteiger partial charge in [-0.05, 0) is 19.3 Å². The molecule has 0 rings (SSSR count). The van der Waals surface area contributed by atoms with Crippen molar-refractivity contribution in [2.45, 2.75) is 51.9 Å². The summed E-state index contributed by atoms with van der Waals surface area (Å²) in [6, 6.07) is 0. The Morgan fingerprint density at radius 3 is 2.50 bits per heavy atom. The fourth-order valence-corrected chi connectivity index (χ4v) is 1.31. The van der Waals surface area contributed by atoms with Crippen LogP contribution in [0.2, 0.25) is 0 Å². The normalized spacial score (nSPS) is 10.1. The van der Waals surface area contributed by atoms with Crippen molar-refractivity contribution in [3.05, 3.63) is 0 Å². The van der Waals surface area contributed by atoms with E-state index >= 15 is 0 Å². The highest BCUT2D eigenvalue weighted by molar-refractivity contribution is 6.17. The van der Waals surface area contributed by atoms with Crippen LogP contribution in [0.25, 0.3) is 0 Å². The first-order valence-electron chi connectivity index (χ1n) is 5.52. The van der Waals surface area contributed by atoms with Crippen molar-refractivity contribution >= 4 is 17.6 Å². The molecular weight excluding hydrogens is 200 g/mol. The first-order chi connectivity index (χ1) is 6.81. The van der Waals surface area contributed by atoms with Gasteiger partial charge in [0.15, 0.2) is 0 Å². The van der Waals surface area contributed by atoms with Crippen LogP contribution in [0.4, 0.5) is 0 Å². The number of carbonyl (C=O) groups excluding carboxylic acids is 1. The Morgan fingerprint density at radius 1 is 1.14 bits per heavy atom. The molecule has 0 aliphatic rings. The molecule has 3 heteroatoms. The molecule has 0 spiro atoms. The van der Waals surface area contributed by atoms with Crippen molar-refractivity contribution in [3.63, 3.8) is 0 Å². The molecule has 0 radical (unpaired) electrons. The molecule has 0 N–H and O–H groups in total. The van der Waals surface area contributed by atoms with Crippen molar-refractivity contribution < 1.29 is 9.53 Å². The summed E-state index contributed by atoms with van der Waals surface area (Å²) < 4.78 is 5.02. The number of hydrogen-bond donors (Lipinski definition) is 0. The van der Waals surface area contributed by atoms with Crippen molar-refractivity contribution in [1.29, 1.82) is 0 Å². The standard InChI is InChI=1S/C11H21ClO2/c1-2-3-10-14-11(13)8-6-4-5-7-9-12/h2-10H2,1H3. The van der Waals surface area contributed by atoms with E-state index in [0.717, 1.165) is 44.4 Å². The zero-order chi connectivity index (χ0) is 10.6. The molecule has 84 valence electrons. The van der Waals surface area contributed by atoms with E-state index in [9.17, 15) is 4.79 Å². The van der Waals surface area contributed by atoms with Gasteiger partial charge in [0.2, 0.25) is 0 Å². The monoisotopic (exact) mass is 220 g/mol. The Bertz CT molecular complexity index is 137. The van der Waals surface area contributed by atoms with Crippen LogP contribution in [-0.4, -0.2) is 18.5 Å². The maximum absolute atomic E-state index is 11.1. The third-order valence-electron chi connectivity index (χ3n) is 2.03. The molecule has 0 aromatic carbocycles. The van der Waals surface area contributed by atoms with Crippen LogP contribution in [0.3, 0.4) is 0 Å². The van der Waals surface area contributed by atoms with E-state index in [1.54, 1.807) is 0 Å². The topological polar surface area (TPSA) is 26.3 Å². The minimum absolute atomic E-state index is 0.0516. The second kappa shape index (κ2) is 10.8. The zero-order valence-electron chi connectivity index (χ0n) is 9.06. The molecule has 2 nitrogen and oxygen atoms in total. The van der Waals surface area contributed by atoms with Gasteiger partial charge in [-0.15, -0.1) is 11.6 Å². The fraction of sp³-hybridized carbons (Fsp3) is 0.909. The number of esters is 1. The quantitative estimate of drug-likeness (QED) is 0.338. The summed E-state index contributed by atoms with van der Waals surface area (Å²) in [6.45, 7) is 2.66. The molecular formula is C11H21ClO2. The number of halogens is 1. The summed E-state index contributed by atoms with van der Waals surface area (Å²) in [5.74, 6) is 0.672. The van der Waals surface area contributed by atoms with E-state index in [2.05, 4.69) is 6.92 Å². The van der Waals surface area contributed by atoms with Gasteiger partial charge in [0.25, 0.3) is 0 Å². The summed E-state index contributed by atoms with van der Waals surface area (Å²) in [7, 11) is 0. The lowest BCUT2D eigenvalue weighted by molar-refractivity contribution is -0.143. The van der Waals surface area contributed by atoms with Gasteiger partial charge in [-0.1, -0.05) is 26.2 Å². The number of carbonyl (C=O) groups is 1. The second-order valence-corrected chi connectivity index (χ2v) is 3.81. The molecule has 0 saturated carbocycles. The Balaban J connectivity index is 3.10. The minimum atomic E-state index is -0.0516. The third kappa shape index (κ3) is 9.85. The third-order valence-corrected chi connectivity index (χ3v) is 2.29. The number of rotatable bonds is 9. The van der Waals surface area contributed by atoms with Crippen molar-refractivity contribution in [1.82, 2.24) is 0 Å². The van der Waals surface area contributed by atoms with Gasteiger partial charge in [-0.2, -0.15) is 0 Å². The van der Waals surface area contributed by atoms with Gasteiger partial charge in [0.05, 0.1) is 6.61 Å². The van der Waals surface area contributed by atoms with Crippen molar-refractivity contribution in [2.75, 3.05) is 12.5 Å². The summed E-state index contributed by atoms with van der Waals surface area (Å²) >= 11 is 5.54. The van der Waals surface area contributed by atoms with Crippen LogP contribution in [0.1, 0.15) is 51.9 Å². The number of alkyl halides is 1. The van der Waals surface area contributed by atoms with Gasteiger partial charge in [-0.25, -0.2) is 0 Å². The first-order valence-corrected chi connectivity index (χ1v) is 6.06. The van der Waals surface area contributed by atoms with E-state index in [-0.39, 0.29) is 5.97 Å². The summed E-state index contributed by atoms with van der Waals surface area (Å²) in [5, 5.41) is 0. The molecule has 0 saturated heterocycles.